The van der Waals surface area contributed by atoms with Gasteiger partial charge in [0.1, 0.15) is 6.26 Å². The van der Waals surface area contributed by atoms with Crippen LogP contribution in [-0.4, -0.2) is 22.6 Å². The number of hydrogen-bond donors (Lipinski definition) is 2. The average Bonchev–Trinajstić information content (AvgIpc) is 2.60. The van der Waals surface area contributed by atoms with Crippen molar-refractivity contribution in [2.24, 2.45) is 11.3 Å². The van der Waals surface area contributed by atoms with Crippen LogP contribution >= 0.6 is 0 Å². The predicted octanol–water partition coefficient (Wildman–Crippen LogP) is 2.47. The van der Waals surface area contributed by atoms with E-state index in [1.54, 1.807) is 0 Å². The van der Waals surface area contributed by atoms with Gasteiger partial charge in [-0.2, -0.15) is 4.98 Å². The number of oxazole rings is 1. The zero-order chi connectivity index (χ0) is 12.3. The van der Waals surface area contributed by atoms with Gasteiger partial charge in [0, 0.05) is 6.54 Å². The van der Waals surface area contributed by atoms with E-state index in [-0.39, 0.29) is 17.1 Å². The molecular weight excluding hydrogens is 208 g/mol. The van der Waals surface area contributed by atoms with E-state index in [2.05, 4.69) is 38.0 Å². The van der Waals surface area contributed by atoms with Gasteiger partial charge in [0.05, 0.1) is 0 Å². The Kier molecular flexibility index (Phi) is 3.57. The van der Waals surface area contributed by atoms with Crippen molar-refractivity contribution < 1.29 is 14.3 Å². The molecule has 0 saturated carbocycles. The Hall–Kier alpha value is -1.52. The highest BCUT2D eigenvalue weighted by Crippen LogP contribution is 2.25. The van der Waals surface area contributed by atoms with Crippen LogP contribution in [-0.2, 0) is 0 Å². The summed E-state index contributed by atoms with van der Waals surface area (Å²) in [6.45, 7) is 9.27. The normalized spacial score (nSPS) is 13.5. The fraction of sp³-hybridized carbons (Fsp3) is 0.636. The van der Waals surface area contributed by atoms with Crippen LogP contribution in [0.4, 0.5) is 6.01 Å². The number of carbonyl (C=O) groups is 1. The molecule has 1 heterocycles. The summed E-state index contributed by atoms with van der Waals surface area (Å²) in [6, 6.07) is 0.258. The first kappa shape index (κ1) is 12.5. The minimum Gasteiger partial charge on any atom is -0.476 e. The van der Waals surface area contributed by atoms with Gasteiger partial charge in [-0.05, 0) is 11.3 Å². The number of carboxylic acid groups (broad SMARTS) is 1. The van der Waals surface area contributed by atoms with Gasteiger partial charge in [-0.25, -0.2) is 4.79 Å². The third-order valence-electron chi connectivity index (χ3n) is 2.76. The molecule has 0 aromatic carbocycles. The third kappa shape index (κ3) is 3.25. The van der Waals surface area contributed by atoms with Crippen molar-refractivity contribution in [1.29, 1.82) is 0 Å². The van der Waals surface area contributed by atoms with Gasteiger partial charge < -0.3 is 14.8 Å². The SMILES string of the molecule is CC(CNc1nc(C(=O)O)co1)C(C)(C)C. The highest BCUT2D eigenvalue weighted by Gasteiger charge is 2.20. The van der Waals surface area contributed by atoms with Gasteiger partial charge in [-0.15, -0.1) is 0 Å². The van der Waals surface area contributed by atoms with Crippen LogP contribution in [0.25, 0.3) is 0 Å². The van der Waals surface area contributed by atoms with Crippen LogP contribution in [0, 0.1) is 11.3 Å². The zero-order valence-electron chi connectivity index (χ0n) is 10.1. The minimum atomic E-state index is -1.08. The Labute approximate surface area is 94.9 Å². The predicted molar refractivity (Wildman–Crippen MR) is 60.6 cm³/mol. The molecule has 0 saturated heterocycles. The van der Waals surface area contributed by atoms with E-state index in [9.17, 15) is 4.79 Å². The second-order valence-corrected chi connectivity index (χ2v) is 4.99. The highest BCUT2D eigenvalue weighted by atomic mass is 16.4. The lowest BCUT2D eigenvalue weighted by atomic mass is 9.82. The molecule has 90 valence electrons. The summed E-state index contributed by atoms with van der Waals surface area (Å²) < 4.78 is 4.99. The van der Waals surface area contributed by atoms with Crippen LogP contribution in [0.5, 0.6) is 0 Å². The molecule has 0 aliphatic heterocycles. The molecule has 0 aliphatic carbocycles. The Bertz CT molecular complexity index is 366. The van der Waals surface area contributed by atoms with Crippen molar-refractivity contribution in [3.8, 4) is 0 Å². The van der Waals surface area contributed by atoms with Gasteiger partial charge in [0.15, 0.2) is 5.69 Å². The van der Waals surface area contributed by atoms with Crippen molar-refractivity contribution >= 4 is 12.0 Å². The number of aromatic carboxylic acids is 1. The average molecular weight is 226 g/mol. The number of rotatable bonds is 4. The first-order valence-electron chi connectivity index (χ1n) is 5.23. The summed E-state index contributed by atoms with van der Waals surface area (Å²) >= 11 is 0. The molecule has 0 aliphatic rings. The molecule has 16 heavy (non-hydrogen) atoms. The molecule has 1 rings (SSSR count). The molecule has 1 atom stereocenters. The van der Waals surface area contributed by atoms with E-state index in [0.717, 1.165) is 6.26 Å². The lowest BCUT2D eigenvalue weighted by molar-refractivity contribution is 0.0690. The van der Waals surface area contributed by atoms with E-state index in [1.807, 2.05) is 0 Å². The molecule has 0 fully saturated rings. The van der Waals surface area contributed by atoms with Gasteiger partial charge >= 0.3 is 5.97 Å². The van der Waals surface area contributed by atoms with Crippen LogP contribution in [0.1, 0.15) is 38.2 Å². The minimum absolute atomic E-state index is 0.0779. The third-order valence-corrected chi connectivity index (χ3v) is 2.76. The van der Waals surface area contributed by atoms with E-state index in [1.165, 1.54) is 0 Å². The second-order valence-electron chi connectivity index (χ2n) is 4.99. The van der Waals surface area contributed by atoms with E-state index >= 15 is 0 Å². The first-order chi connectivity index (χ1) is 7.30. The molecule has 2 N–H and O–H groups in total. The van der Waals surface area contributed by atoms with Gasteiger partial charge in [-0.1, -0.05) is 27.7 Å². The van der Waals surface area contributed by atoms with Crippen LogP contribution < -0.4 is 5.32 Å². The maximum Gasteiger partial charge on any atom is 0.357 e. The lowest BCUT2D eigenvalue weighted by Crippen LogP contribution is -2.24. The lowest BCUT2D eigenvalue weighted by Gasteiger charge is -2.26. The molecule has 0 bridgehead atoms. The molecule has 1 aromatic rings. The highest BCUT2D eigenvalue weighted by molar-refractivity contribution is 5.85. The maximum absolute atomic E-state index is 10.6. The summed E-state index contributed by atoms with van der Waals surface area (Å²) in [6.07, 6.45) is 1.13. The number of anilines is 1. The molecule has 1 aromatic heterocycles. The van der Waals surface area contributed by atoms with Crippen molar-refractivity contribution in [2.75, 3.05) is 11.9 Å². The number of nitrogens with one attached hydrogen (secondary N) is 1. The Morgan fingerprint density at radius 1 is 1.62 bits per heavy atom. The molecule has 5 heteroatoms. The molecule has 0 amide bonds. The largest absolute Gasteiger partial charge is 0.476 e. The summed E-state index contributed by atoms with van der Waals surface area (Å²) in [5.74, 6) is -0.659. The number of nitrogens with zero attached hydrogens (tertiary/aromatic N) is 1. The Balaban J connectivity index is 2.52. The van der Waals surface area contributed by atoms with E-state index in [0.29, 0.717) is 12.5 Å². The van der Waals surface area contributed by atoms with Crippen molar-refractivity contribution in [3.63, 3.8) is 0 Å². The topological polar surface area (TPSA) is 75.4 Å². The zero-order valence-corrected chi connectivity index (χ0v) is 10.1. The maximum atomic E-state index is 10.6. The van der Waals surface area contributed by atoms with Crippen LogP contribution in [0.2, 0.25) is 0 Å². The summed E-state index contributed by atoms with van der Waals surface area (Å²) in [5, 5.41) is 11.6. The molecule has 1 unspecified atom stereocenters. The van der Waals surface area contributed by atoms with Crippen LogP contribution in [0.3, 0.4) is 0 Å². The molecule has 0 spiro atoms. The standard InChI is InChI=1S/C11H18N2O3/c1-7(11(2,3)4)5-12-10-13-8(6-16-10)9(14)15/h6-7H,5H2,1-4H3,(H,12,13)(H,14,15). The van der Waals surface area contributed by atoms with E-state index in [4.69, 9.17) is 9.52 Å². The van der Waals surface area contributed by atoms with Crippen molar-refractivity contribution in [2.45, 2.75) is 27.7 Å². The fourth-order valence-corrected chi connectivity index (χ4v) is 1.000. The van der Waals surface area contributed by atoms with Crippen molar-refractivity contribution in [1.82, 2.24) is 4.98 Å². The quantitative estimate of drug-likeness (QED) is 0.824. The summed E-state index contributed by atoms with van der Waals surface area (Å²) in [4.78, 5) is 14.3. The van der Waals surface area contributed by atoms with Crippen LogP contribution in [0.15, 0.2) is 10.7 Å². The first-order valence-corrected chi connectivity index (χ1v) is 5.23. The second kappa shape index (κ2) is 4.55. The fourth-order valence-electron chi connectivity index (χ4n) is 1.000. The van der Waals surface area contributed by atoms with Gasteiger partial charge in [0.2, 0.25) is 0 Å². The monoisotopic (exact) mass is 226 g/mol. The summed E-state index contributed by atoms with van der Waals surface area (Å²) in [5.41, 5.74) is 0.112. The molecule has 5 nitrogen and oxygen atoms in total. The number of aromatic nitrogens is 1. The van der Waals surface area contributed by atoms with Gasteiger partial charge in [0.25, 0.3) is 6.01 Å². The Morgan fingerprint density at radius 2 is 2.25 bits per heavy atom. The Morgan fingerprint density at radius 3 is 2.69 bits per heavy atom. The molecule has 0 radical (unpaired) electrons. The smallest absolute Gasteiger partial charge is 0.357 e. The number of carboxylic acids is 1. The van der Waals surface area contributed by atoms with Crippen molar-refractivity contribution in [3.05, 3.63) is 12.0 Å². The summed E-state index contributed by atoms with van der Waals surface area (Å²) in [7, 11) is 0. The molecular formula is C11H18N2O3. The van der Waals surface area contributed by atoms with E-state index < -0.39 is 5.97 Å². The van der Waals surface area contributed by atoms with Gasteiger partial charge in [-0.3, -0.25) is 0 Å². The number of hydrogen-bond acceptors (Lipinski definition) is 4.